The molecule has 45 heavy (non-hydrogen) atoms. The van der Waals surface area contributed by atoms with Gasteiger partial charge in [0, 0.05) is 16.8 Å². The molecule has 4 N–H and O–H groups in total. The number of esters is 2. The van der Waals surface area contributed by atoms with Gasteiger partial charge in [-0.2, -0.15) is 0 Å². The quantitative estimate of drug-likeness (QED) is 0.155. The Labute approximate surface area is 256 Å². The van der Waals surface area contributed by atoms with Crippen LogP contribution in [0, 0.1) is 6.92 Å². The first-order valence-electron chi connectivity index (χ1n) is 13.5. The summed E-state index contributed by atoms with van der Waals surface area (Å²) in [6.07, 6.45) is -4.48. The van der Waals surface area contributed by atoms with E-state index in [2.05, 4.69) is 10.7 Å². The largest absolute Gasteiger partial charge is 0.478 e. The van der Waals surface area contributed by atoms with Gasteiger partial charge in [-0.3, -0.25) is 25.2 Å². The highest BCUT2D eigenvalue weighted by Crippen LogP contribution is 2.15. The minimum absolute atomic E-state index is 0.00702. The highest BCUT2D eigenvalue weighted by molar-refractivity contribution is 6.05. The monoisotopic (exact) mass is 609 g/mol. The molecule has 0 aromatic heterocycles. The van der Waals surface area contributed by atoms with Crippen LogP contribution in [0.2, 0.25) is 0 Å². The maximum Gasteiger partial charge on any atom is 0.349 e. The first-order chi connectivity index (χ1) is 21.6. The van der Waals surface area contributed by atoms with E-state index in [1.54, 1.807) is 36.4 Å². The predicted molar refractivity (Wildman–Crippen MR) is 160 cm³/mol. The maximum atomic E-state index is 13.1. The van der Waals surface area contributed by atoms with Gasteiger partial charge in [0.25, 0.3) is 17.7 Å². The Kier molecular flexibility index (Phi) is 10.4. The number of amides is 3. The number of hydrazine groups is 1. The lowest BCUT2D eigenvalue weighted by Crippen LogP contribution is -2.54. The van der Waals surface area contributed by atoms with E-state index in [0.29, 0.717) is 11.3 Å². The minimum atomic E-state index is -2.28. The van der Waals surface area contributed by atoms with Crippen LogP contribution >= 0.6 is 0 Å². The van der Waals surface area contributed by atoms with E-state index in [-0.39, 0.29) is 22.6 Å². The first-order valence-corrected chi connectivity index (χ1v) is 13.5. The molecule has 0 aliphatic rings. The number of benzene rings is 4. The second-order valence-electron chi connectivity index (χ2n) is 9.56. The van der Waals surface area contributed by atoms with E-state index >= 15 is 0 Å². The lowest BCUT2D eigenvalue weighted by atomic mass is 10.1. The summed E-state index contributed by atoms with van der Waals surface area (Å²) in [6.45, 7) is 1.90. The number of carbonyl (C=O) groups excluding carboxylic acids is 5. The molecule has 12 heteroatoms. The smallest absolute Gasteiger partial charge is 0.349 e. The van der Waals surface area contributed by atoms with Crippen molar-refractivity contribution in [2.24, 2.45) is 0 Å². The van der Waals surface area contributed by atoms with E-state index in [1.807, 2.05) is 12.3 Å². The van der Waals surface area contributed by atoms with Crippen LogP contribution in [-0.2, 0) is 19.1 Å². The average molecular weight is 610 g/mol. The molecule has 3 amide bonds. The minimum Gasteiger partial charge on any atom is -0.478 e. The van der Waals surface area contributed by atoms with Crippen molar-refractivity contribution >= 4 is 41.3 Å². The van der Waals surface area contributed by atoms with Crippen molar-refractivity contribution in [3.05, 3.63) is 137 Å². The van der Waals surface area contributed by atoms with Crippen LogP contribution in [0.4, 0.5) is 5.69 Å². The summed E-state index contributed by atoms with van der Waals surface area (Å²) in [6, 6.07) is 27.5. The lowest BCUT2D eigenvalue weighted by molar-refractivity contribution is -0.159. The zero-order chi connectivity index (χ0) is 32.3. The highest BCUT2D eigenvalue weighted by atomic mass is 16.6. The van der Waals surface area contributed by atoms with Crippen molar-refractivity contribution in [3.8, 4) is 0 Å². The molecule has 0 fully saturated rings. The maximum absolute atomic E-state index is 13.1. The fourth-order valence-electron chi connectivity index (χ4n) is 3.88. The number of carbonyl (C=O) groups is 6. The van der Waals surface area contributed by atoms with Gasteiger partial charge in [-0.1, -0.05) is 54.1 Å². The predicted octanol–water partition coefficient (Wildman–Crippen LogP) is 3.54. The normalized spacial score (nSPS) is 11.7. The number of hydrogen-bond donors (Lipinski definition) is 4. The summed E-state index contributed by atoms with van der Waals surface area (Å²) in [7, 11) is 0. The first kappa shape index (κ1) is 31.6. The Bertz CT molecular complexity index is 1690. The molecular formula is C33H27N3O9. The Morgan fingerprint density at radius 3 is 1.53 bits per heavy atom. The standard InChI is InChI=1S/C33H27N3O9/c1-20-12-14-21(15-13-20)28(37)34-25-18-16-22(17-19-25)29(38)35-36-30(39)26(44-32(42)23-8-4-2-5-9-23)27(31(40)41)45-33(43)24-10-6-3-7-11-24/h2-19,26-27H,1H3,(H,34,37)(H,35,38)(H,36,39)(H,40,41)/t26-,27-/m1/s1. The molecule has 4 rings (SSSR count). The van der Waals surface area contributed by atoms with Crippen LogP contribution in [-0.4, -0.2) is 52.9 Å². The number of ether oxygens (including phenoxy) is 2. The summed E-state index contributed by atoms with van der Waals surface area (Å²) in [5.74, 6) is -6.40. The van der Waals surface area contributed by atoms with Gasteiger partial charge in [0.15, 0.2) is 0 Å². The third-order valence-corrected chi connectivity index (χ3v) is 6.28. The summed E-state index contributed by atoms with van der Waals surface area (Å²) in [5, 5.41) is 12.5. The van der Waals surface area contributed by atoms with Gasteiger partial charge in [0.2, 0.25) is 12.2 Å². The van der Waals surface area contributed by atoms with Gasteiger partial charge in [-0.15, -0.1) is 0 Å². The number of rotatable bonds is 10. The summed E-state index contributed by atoms with van der Waals surface area (Å²) < 4.78 is 10.3. The topological polar surface area (TPSA) is 177 Å². The molecular weight excluding hydrogens is 582 g/mol. The van der Waals surface area contributed by atoms with Crippen molar-refractivity contribution < 1.29 is 43.3 Å². The van der Waals surface area contributed by atoms with Gasteiger partial charge in [-0.05, 0) is 67.6 Å². The van der Waals surface area contributed by atoms with Crippen LogP contribution in [0.1, 0.15) is 47.0 Å². The molecule has 0 radical (unpaired) electrons. The molecule has 0 saturated carbocycles. The van der Waals surface area contributed by atoms with E-state index in [1.165, 1.54) is 72.8 Å². The van der Waals surface area contributed by atoms with E-state index in [0.717, 1.165) is 5.56 Å². The highest BCUT2D eigenvalue weighted by Gasteiger charge is 2.41. The number of hydrogen-bond acceptors (Lipinski definition) is 8. The van der Waals surface area contributed by atoms with Crippen molar-refractivity contribution in [2.75, 3.05) is 5.32 Å². The van der Waals surface area contributed by atoms with E-state index in [4.69, 9.17) is 9.47 Å². The van der Waals surface area contributed by atoms with Gasteiger partial charge < -0.3 is 19.9 Å². The number of aliphatic carboxylic acids is 1. The summed E-state index contributed by atoms with van der Waals surface area (Å²) >= 11 is 0. The zero-order valence-electron chi connectivity index (χ0n) is 23.8. The SMILES string of the molecule is Cc1ccc(C(=O)Nc2ccc(C(=O)NNC(=O)[C@H](OC(=O)c3ccccc3)[C@@H](OC(=O)c3ccccc3)C(=O)O)cc2)cc1. The average Bonchev–Trinajstić information content (AvgIpc) is 3.06. The van der Waals surface area contributed by atoms with E-state index < -0.39 is 41.9 Å². The third-order valence-electron chi connectivity index (χ3n) is 6.28. The molecule has 4 aromatic rings. The van der Waals surface area contributed by atoms with Crippen LogP contribution in [0.15, 0.2) is 109 Å². The second kappa shape index (κ2) is 14.7. The lowest BCUT2D eigenvalue weighted by Gasteiger charge is -2.23. The van der Waals surface area contributed by atoms with Crippen molar-refractivity contribution in [3.63, 3.8) is 0 Å². The number of aryl methyl sites for hydroxylation is 1. The molecule has 0 unspecified atom stereocenters. The Balaban J connectivity index is 1.45. The summed E-state index contributed by atoms with van der Waals surface area (Å²) in [4.78, 5) is 75.9. The van der Waals surface area contributed by atoms with Gasteiger partial charge >= 0.3 is 17.9 Å². The van der Waals surface area contributed by atoms with Crippen LogP contribution in [0.25, 0.3) is 0 Å². The van der Waals surface area contributed by atoms with Crippen LogP contribution < -0.4 is 16.2 Å². The van der Waals surface area contributed by atoms with Gasteiger partial charge in [0.1, 0.15) is 0 Å². The fourth-order valence-corrected chi connectivity index (χ4v) is 3.88. The Morgan fingerprint density at radius 2 is 1.02 bits per heavy atom. The molecule has 2 atom stereocenters. The number of carboxylic acid groups (broad SMARTS) is 1. The second-order valence-corrected chi connectivity index (χ2v) is 9.56. The molecule has 0 saturated heterocycles. The van der Waals surface area contributed by atoms with E-state index in [9.17, 15) is 33.9 Å². The van der Waals surface area contributed by atoms with Crippen molar-refractivity contribution in [1.82, 2.24) is 10.9 Å². The van der Waals surface area contributed by atoms with Crippen LogP contribution in [0.3, 0.4) is 0 Å². The molecule has 0 heterocycles. The fraction of sp³-hybridized carbons (Fsp3) is 0.0909. The molecule has 12 nitrogen and oxygen atoms in total. The van der Waals surface area contributed by atoms with Gasteiger partial charge in [0.05, 0.1) is 11.1 Å². The third kappa shape index (κ3) is 8.61. The molecule has 4 aromatic carbocycles. The number of nitrogens with one attached hydrogen (secondary N) is 3. The van der Waals surface area contributed by atoms with Crippen molar-refractivity contribution in [2.45, 2.75) is 19.1 Å². The number of anilines is 1. The molecule has 228 valence electrons. The molecule has 0 spiro atoms. The summed E-state index contributed by atoms with van der Waals surface area (Å²) in [5.41, 5.74) is 6.02. The molecule has 0 bridgehead atoms. The van der Waals surface area contributed by atoms with Crippen LogP contribution in [0.5, 0.6) is 0 Å². The van der Waals surface area contributed by atoms with Crippen molar-refractivity contribution in [1.29, 1.82) is 0 Å². The number of carboxylic acids is 1. The van der Waals surface area contributed by atoms with Gasteiger partial charge in [-0.25, -0.2) is 14.4 Å². The molecule has 0 aliphatic heterocycles. The Hall–Kier alpha value is -6.30. The molecule has 0 aliphatic carbocycles. The Morgan fingerprint density at radius 1 is 0.556 bits per heavy atom. The zero-order valence-corrected chi connectivity index (χ0v) is 23.8.